The molecule has 0 bridgehead atoms. The van der Waals surface area contributed by atoms with E-state index >= 15 is 0 Å². The van der Waals surface area contributed by atoms with E-state index in [1.54, 1.807) is 0 Å². The maximum atomic E-state index is 11.0. The van der Waals surface area contributed by atoms with E-state index in [1.165, 1.54) is 12.7 Å². The highest BCUT2D eigenvalue weighted by Gasteiger charge is 2.13. The normalized spacial score (nSPS) is 11.9. The molecule has 1 rings (SSSR count). The minimum absolute atomic E-state index is 0.194. The molecule has 4 nitrogen and oxygen atoms in total. The summed E-state index contributed by atoms with van der Waals surface area (Å²) in [7, 11) is 1.40. The molecule has 0 aliphatic heterocycles. The zero-order chi connectivity index (χ0) is 14.8. The average Bonchev–Trinajstić information content (AvgIpc) is 2.49. The third kappa shape index (κ3) is 5.21. The summed E-state index contributed by atoms with van der Waals surface area (Å²) in [6.45, 7) is 5.70. The summed E-state index contributed by atoms with van der Waals surface area (Å²) in [6, 6.07) is 8.37. The number of hydrogen-bond acceptors (Lipinski definition) is 4. The van der Waals surface area contributed by atoms with Gasteiger partial charge in [-0.3, -0.25) is 4.79 Å². The molecule has 1 aromatic rings. The van der Waals surface area contributed by atoms with Crippen molar-refractivity contribution in [1.82, 2.24) is 5.32 Å². The van der Waals surface area contributed by atoms with Crippen LogP contribution in [0.25, 0.3) is 0 Å². The number of nitrogens with one attached hydrogen (secondary N) is 1. The fraction of sp³-hybridized carbons (Fsp3) is 0.562. The van der Waals surface area contributed by atoms with E-state index in [2.05, 4.69) is 30.0 Å². The van der Waals surface area contributed by atoms with Gasteiger partial charge >= 0.3 is 5.97 Å². The van der Waals surface area contributed by atoms with E-state index in [1.807, 2.05) is 18.2 Å². The van der Waals surface area contributed by atoms with Gasteiger partial charge in [0.15, 0.2) is 0 Å². The summed E-state index contributed by atoms with van der Waals surface area (Å²) in [4.78, 5) is 11.0. The van der Waals surface area contributed by atoms with Crippen LogP contribution in [0.4, 0.5) is 0 Å². The topological polar surface area (TPSA) is 47.6 Å². The lowest BCUT2D eigenvalue weighted by Crippen LogP contribution is -2.20. The van der Waals surface area contributed by atoms with Crippen molar-refractivity contribution in [1.29, 1.82) is 0 Å². The lowest BCUT2D eigenvalue weighted by molar-refractivity contribution is -0.140. The fourth-order valence-electron chi connectivity index (χ4n) is 2.12. The first-order chi connectivity index (χ1) is 9.72. The van der Waals surface area contributed by atoms with Gasteiger partial charge in [-0.25, -0.2) is 0 Å². The van der Waals surface area contributed by atoms with E-state index in [-0.39, 0.29) is 5.97 Å². The number of rotatable bonds is 9. The predicted molar refractivity (Wildman–Crippen MR) is 79.9 cm³/mol. The lowest BCUT2D eigenvalue weighted by Gasteiger charge is -2.20. The molecule has 0 heterocycles. The number of hydrogen-bond donors (Lipinski definition) is 1. The second-order valence-corrected chi connectivity index (χ2v) is 4.58. The van der Waals surface area contributed by atoms with Crippen LogP contribution < -0.4 is 10.1 Å². The number of ether oxygens (including phenoxy) is 2. The molecular formula is C16H25NO3. The first-order valence-electron chi connectivity index (χ1n) is 7.24. The van der Waals surface area contributed by atoms with Gasteiger partial charge in [-0.1, -0.05) is 32.0 Å². The van der Waals surface area contributed by atoms with Gasteiger partial charge < -0.3 is 14.8 Å². The van der Waals surface area contributed by atoms with Crippen LogP contribution in [0.2, 0.25) is 0 Å². The molecule has 1 atom stereocenters. The summed E-state index contributed by atoms with van der Waals surface area (Å²) in [5.41, 5.74) is 1.18. The van der Waals surface area contributed by atoms with Gasteiger partial charge in [0.05, 0.1) is 13.7 Å². The van der Waals surface area contributed by atoms with Crippen molar-refractivity contribution in [3.63, 3.8) is 0 Å². The molecule has 0 aliphatic rings. The number of esters is 1. The minimum Gasteiger partial charge on any atom is -0.493 e. The van der Waals surface area contributed by atoms with Crippen LogP contribution in [-0.4, -0.2) is 26.2 Å². The number of carbonyl (C=O) groups is 1. The molecule has 0 radical (unpaired) electrons. The summed E-state index contributed by atoms with van der Waals surface area (Å²) in [6.07, 6.45) is 2.07. The highest BCUT2D eigenvalue weighted by molar-refractivity contribution is 5.69. The minimum atomic E-state index is -0.194. The Labute approximate surface area is 121 Å². The molecule has 1 unspecified atom stereocenters. The van der Waals surface area contributed by atoms with Crippen LogP contribution in [0.5, 0.6) is 5.75 Å². The standard InChI is InChI=1S/C16H25NO3/c1-4-14(17-5-2)13-9-6-7-10-15(13)20-12-8-11-16(18)19-3/h6-7,9-10,14,17H,4-5,8,11-12H2,1-3H3. The molecule has 0 aliphatic carbocycles. The highest BCUT2D eigenvalue weighted by atomic mass is 16.5. The van der Waals surface area contributed by atoms with Gasteiger partial charge in [-0.05, 0) is 25.5 Å². The molecule has 112 valence electrons. The SMILES string of the molecule is CCNC(CC)c1ccccc1OCCCC(=O)OC. The Morgan fingerprint density at radius 3 is 2.70 bits per heavy atom. The Bertz CT molecular complexity index is 406. The van der Waals surface area contributed by atoms with E-state index in [9.17, 15) is 4.79 Å². The maximum Gasteiger partial charge on any atom is 0.305 e. The second kappa shape index (κ2) is 9.37. The van der Waals surface area contributed by atoms with Crippen molar-refractivity contribution >= 4 is 5.97 Å². The molecule has 0 aromatic heterocycles. The number of benzene rings is 1. The van der Waals surface area contributed by atoms with E-state index in [0.29, 0.717) is 25.5 Å². The van der Waals surface area contributed by atoms with Crippen LogP contribution >= 0.6 is 0 Å². The van der Waals surface area contributed by atoms with Crippen molar-refractivity contribution in [2.45, 2.75) is 39.2 Å². The molecule has 0 amide bonds. The van der Waals surface area contributed by atoms with Crippen LogP contribution in [0, 0.1) is 0 Å². The van der Waals surface area contributed by atoms with Crippen molar-refractivity contribution in [2.24, 2.45) is 0 Å². The van der Waals surface area contributed by atoms with Gasteiger partial charge in [-0.15, -0.1) is 0 Å². The summed E-state index contributed by atoms with van der Waals surface area (Å²) in [5, 5.41) is 3.45. The van der Waals surface area contributed by atoms with Crippen LogP contribution in [0.3, 0.4) is 0 Å². The van der Waals surface area contributed by atoms with Crippen molar-refractivity contribution in [3.05, 3.63) is 29.8 Å². The van der Waals surface area contributed by atoms with Crippen LogP contribution in [0.15, 0.2) is 24.3 Å². The number of carbonyl (C=O) groups excluding carboxylic acids is 1. The Balaban J connectivity index is 2.58. The van der Waals surface area contributed by atoms with E-state index in [0.717, 1.165) is 18.7 Å². The van der Waals surface area contributed by atoms with Crippen LogP contribution in [-0.2, 0) is 9.53 Å². The number of para-hydroxylation sites is 1. The quantitative estimate of drug-likeness (QED) is 0.557. The highest BCUT2D eigenvalue weighted by Crippen LogP contribution is 2.27. The molecule has 0 saturated carbocycles. The Morgan fingerprint density at radius 1 is 1.30 bits per heavy atom. The zero-order valence-electron chi connectivity index (χ0n) is 12.6. The number of methoxy groups -OCH3 is 1. The first kappa shape index (κ1) is 16.5. The molecular weight excluding hydrogens is 254 g/mol. The Morgan fingerprint density at radius 2 is 2.05 bits per heavy atom. The Hall–Kier alpha value is -1.55. The van der Waals surface area contributed by atoms with Gasteiger partial charge in [0, 0.05) is 18.0 Å². The summed E-state index contributed by atoms with van der Waals surface area (Å²) in [5.74, 6) is 0.700. The molecule has 0 saturated heterocycles. The lowest BCUT2D eigenvalue weighted by atomic mass is 10.0. The smallest absolute Gasteiger partial charge is 0.305 e. The van der Waals surface area contributed by atoms with E-state index in [4.69, 9.17) is 4.74 Å². The van der Waals surface area contributed by atoms with Crippen LogP contribution in [0.1, 0.15) is 44.7 Å². The maximum absolute atomic E-state index is 11.0. The third-order valence-electron chi connectivity index (χ3n) is 3.16. The van der Waals surface area contributed by atoms with Gasteiger partial charge in [0.1, 0.15) is 5.75 Å². The summed E-state index contributed by atoms with van der Waals surface area (Å²) >= 11 is 0. The van der Waals surface area contributed by atoms with Crippen molar-refractivity contribution in [3.8, 4) is 5.75 Å². The largest absolute Gasteiger partial charge is 0.493 e. The van der Waals surface area contributed by atoms with Gasteiger partial charge in [-0.2, -0.15) is 0 Å². The monoisotopic (exact) mass is 279 g/mol. The van der Waals surface area contributed by atoms with Crippen molar-refractivity contribution in [2.75, 3.05) is 20.3 Å². The average molecular weight is 279 g/mol. The third-order valence-corrected chi connectivity index (χ3v) is 3.16. The molecule has 0 spiro atoms. The zero-order valence-corrected chi connectivity index (χ0v) is 12.6. The molecule has 4 heteroatoms. The molecule has 20 heavy (non-hydrogen) atoms. The first-order valence-corrected chi connectivity index (χ1v) is 7.24. The molecule has 1 N–H and O–H groups in total. The van der Waals surface area contributed by atoms with E-state index < -0.39 is 0 Å². The van der Waals surface area contributed by atoms with Gasteiger partial charge in [0.2, 0.25) is 0 Å². The fourth-order valence-corrected chi connectivity index (χ4v) is 2.12. The predicted octanol–water partition coefficient (Wildman–Crippen LogP) is 3.08. The second-order valence-electron chi connectivity index (χ2n) is 4.58. The van der Waals surface area contributed by atoms with Gasteiger partial charge in [0.25, 0.3) is 0 Å². The summed E-state index contributed by atoms with van der Waals surface area (Å²) < 4.78 is 10.4. The molecule has 1 aromatic carbocycles. The Kier molecular flexibility index (Phi) is 7.73. The van der Waals surface area contributed by atoms with Crippen molar-refractivity contribution < 1.29 is 14.3 Å². The molecule has 0 fully saturated rings.